The van der Waals surface area contributed by atoms with Crippen LogP contribution in [0.2, 0.25) is 0 Å². The molecule has 8 heteroatoms. The van der Waals surface area contributed by atoms with Gasteiger partial charge in [0, 0.05) is 6.07 Å². The molecule has 1 atom stereocenters. The second kappa shape index (κ2) is 6.34. The highest BCUT2D eigenvalue weighted by molar-refractivity contribution is 14.1. The first kappa shape index (κ1) is 16.3. The zero-order valence-electron chi connectivity index (χ0n) is 11.6. The second-order valence-electron chi connectivity index (χ2n) is 4.94. The van der Waals surface area contributed by atoms with E-state index in [-0.39, 0.29) is 27.5 Å². The number of hydrogen-bond acceptors (Lipinski definition) is 4. The molecule has 2 N–H and O–H groups in total. The van der Waals surface area contributed by atoms with Crippen molar-refractivity contribution in [2.45, 2.75) is 24.5 Å². The van der Waals surface area contributed by atoms with Gasteiger partial charge in [-0.15, -0.1) is 5.10 Å². The van der Waals surface area contributed by atoms with Gasteiger partial charge in [-0.2, -0.15) is 0 Å². The second-order valence-corrected chi connectivity index (χ2v) is 8.30. The highest BCUT2D eigenvalue weighted by atomic mass is 127. The van der Waals surface area contributed by atoms with Gasteiger partial charge in [0.15, 0.2) is 0 Å². The summed E-state index contributed by atoms with van der Waals surface area (Å²) in [5.41, 5.74) is 1.36. The molecular weight excluding hydrogens is 400 g/mol. The molecule has 109 valence electrons. The van der Waals surface area contributed by atoms with Crippen molar-refractivity contribution in [3.8, 4) is 11.4 Å². The van der Waals surface area contributed by atoms with Gasteiger partial charge in [0.05, 0.1) is 17.6 Å². The van der Waals surface area contributed by atoms with Crippen LogP contribution >= 0.6 is 20.3 Å². The molecule has 0 amide bonds. The summed E-state index contributed by atoms with van der Waals surface area (Å²) >= 11 is 2.58. The van der Waals surface area contributed by atoms with Crippen LogP contribution < -0.4 is 0 Å². The molecule has 21 heavy (non-hydrogen) atoms. The lowest BCUT2D eigenvalue weighted by molar-refractivity contribution is 0.0694. The van der Waals surface area contributed by atoms with E-state index in [9.17, 15) is 9.90 Å². The minimum atomic E-state index is -1.16. The van der Waals surface area contributed by atoms with Gasteiger partial charge in [-0.3, -0.25) is 0 Å². The van der Waals surface area contributed by atoms with E-state index in [1.54, 1.807) is 10.7 Å². The van der Waals surface area contributed by atoms with Crippen LogP contribution in [0.25, 0.3) is 5.69 Å². The molecule has 0 aliphatic heterocycles. The number of nitrogens with zero attached hydrogens (tertiary/aromatic N) is 3. The molecule has 0 saturated heterocycles. The molecule has 0 fully saturated rings. The Labute approximate surface area is 139 Å². The van der Waals surface area contributed by atoms with Crippen LogP contribution in [0.5, 0.6) is 5.75 Å². The first-order chi connectivity index (χ1) is 9.91. The summed E-state index contributed by atoms with van der Waals surface area (Å²) in [5, 5.41) is 27.0. The van der Waals surface area contributed by atoms with Crippen molar-refractivity contribution in [3.05, 3.63) is 35.7 Å². The van der Waals surface area contributed by atoms with Crippen molar-refractivity contribution in [1.82, 2.24) is 15.0 Å². The van der Waals surface area contributed by atoms with E-state index in [1.807, 2.05) is 6.20 Å². The predicted octanol–water partition coefficient (Wildman–Crippen LogP) is 2.35. The number of rotatable bonds is 5. The first-order valence-electron chi connectivity index (χ1n) is 6.35. The lowest BCUT2D eigenvalue weighted by atomic mass is 10.0. The third kappa shape index (κ3) is 3.22. The molecule has 0 aliphatic rings. The molecule has 1 aromatic carbocycles. The maximum atomic E-state index is 10.9. The molecule has 0 bridgehead atoms. The predicted molar refractivity (Wildman–Crippen MR) is 87.4 cm³/mol. The Morgan fingerprint density at radius 3 is 2.76 bits per heavy atom. The van der Waals surface area contributed by atoms with E-state index < -0.39 is 5.97 Å². The fraction of sp³-hybridized carbons (Fsp3) is 0.308. The minimum Gasteiger partial charge on any atom is -0.507 e. The van der Waals surface area contributed by atoms with Crippen LogP contribution in [-0.2, 0) is 4.28 Å². The molecule has 0 aliphatic carbocycles. The van der Waals surface area contributed by atoms with Gasteiger partial charge in [-0.25, -0.2) is 29.7 Å². The van der Waals surface area contributed by atoms with Crippen LogP contribution in [0.15, 0.2) is 24.4 Å². The topological polar surface area (TPSA) is 88.2 Å². The Kier molecular flexibility index (Phi) is 4.91. The van der Waals surface area contributed by atoms with Gasteiger partial charge in [0.1, 0.15) is 11.3 Å². The van der Waals surface area contributed by atoms with E-state index in [2.05, 4.69) is 44.4 Å². The Balaban J connectivity index is 2.38. The number of aromatic carboxylic acids is 1. The summed E-state index contributed by atoms with van der Waals surface area (Å²) in [6.07, 6.45) is 2.82. The highest BCUT2D eigenvalue weighted by Gasteiger charge is 2.28. The van der Waals surface area contributed by atoms with E-state index >= 15 is 0 Å². The van der Waals surface area contributed by atoms with Crippen molar-refractivity contribution in [2.75, 3.05) is 0 Å². The molecule has 0 saturated carbocycles. The number of carboxylic acid groups (broad SMARTS) is 1. The van der Waals surface area contributed by atoms with Crippen molar-refractivity contribution in [1.29, 1.82) is 0 Å². The van der Waals surface area contributed by atoms with Crippen molar-refractivity contribution >= 4 is 38.2 Å². The summed E-state index contributed by atoms with van der Waals surface area (Å²) in [5.74, 6) is -1.44. The Hall–Kier alpha value is -1.11. The Bertz CT molecular complexity index is 670. The molecule has 1 radical (unpaired) electrons. The standard InChI is InChI=1S/C13H14N3O3.Al.HI/c1-3-8(2)11-7-16(15-14-11)9-4-5-10(13(18)19)12(17)6-9;;/h4-7,17H,3H2,1-2H3,(H,18,19);;1H/q;+1;/p-1. The average Bonchev–Trinajstić information content (AvgIpc) is 2.96. The minimum absolute atomic E-state index is 0.0296. The van der Waals surface area contributed by atoms with Gasteiger partial charge in [-0.05, 0) is 16.4 Å². The number of phenols is 1. The normalized spacial score (nSPS) is 13.7. The number of aromatic hydroxyl groups is 1. The molecule has 2 rings (SSSR count). The zero-order chi connectivity index (χ0) is 15.6. The fourth-order valence-electron chi connectivity index (χ4n) is 1.81. The fourth-order valence-corrected chi connectivity index (χ4v) is 4.49. The van der Waals surface area contributed by atoms with Gasteiger partial charge < -0.3 is 10.2 Å². The van der Waals surface area contributed by atoms with Crippen molar-refractivity contribution in [3.63, 3.8) is 0 Å². The number of carbonyl (C=O) groups is 1. The summed E-state index contributed by atoms with van der Waals surface area (Å²) in [7, 11) is 0. The average molecular weight is 414 g/mol. The molecule has 6 nitrogen and oxygen atoms in total. The Morgan fingerprint density at radius 2 is 2.24 bits per heavy atom. The SMILES string of the molecule is CC[C](C)([Al][I])c1cn(-c2ccc(C(=O)O)c(O)c2)nn1. The van der Waals surface area contributed by atoms with E-state index in [1.165, 1.54) is 12.1 Å². The highest BCUT2D eigenvalue weighted by Crippen LogP contribution is 2.27. The number of halogens is 1. The summed E-state index contributed by atoms with van der Waals surface area (Å²) in [6, 6.07) is 4.33. The van der Waals surface area contributed by atoms with Crippen LogP contribution in [0.1, 0.15) is 36.3 Å². The largest absolute Gasteiger partial charge is 0.507 e. The maximum absolute atomic E-state index is 10.9. The molecule has 1 heterocycles. The lowest BCUT2D eigenvalue weighted by Crippen LogP contribution is -2.25. The van der Waals surface area contributed by atoms with Gasteiger partial charge >= 0.3 is 17.9 Å². The van der Waals surface area contributed by atoms with Gasteiger partial charge in [-0.1, -0.05) is 25.5 Å². The molecule has 2 aromatic rings. The summed E-state index contributed by atoms with van der Waals surface area (Å²) in [4.78, 5) is 10.9. The molecule has 1 aromatic heterocycles. The van der Waals surface area contributed by atoms with E-state index in [0.29, 0.717) is 5.69 Å². The van der Waals surface area contributed by atoms with Crippen molar-refractivity contribution < 1.29 is 15.0 Å². The van der Waals surface area contributed by atoms with Crippen LogP contribution in [0.4, 0.5) is 0 Å². The maximum Gasteiger partial charge on any atom is 0.339 e. The first-order valence-corrected chi connectivity index (χ1v) is 11.1. The van der Waals surface area contributed by atoms with Crippen LogP contribution in [-0.4, -0.2) is 43.1 Å². The lowest BCUT2D eigenvalue weighted by Gasteiger charge is -2.21. The van der Waals surface area contributed by atoms with E-state index in [0.717, 1.165) is 12.1 Å². The third-order valence-electron chi connectivity index (χ3n) is 3.53. The van der Waals surface area contributed by atoms with Gasteiger partial charge in [0.25, 0.3) is 0 Å². The molecule has 0 spiro atoms. The van der Waals surface area contributed by atoms with Gasteiger partial charge in [0.2, 0.25) is 0 Å². The molecule has 1 unspecified atom stereocenters. The summed E-state index contributed by atoms with van der Waals surface area (Å²) < 4.78 is 1.59. The van der Waals surface area contributed by atoms with Crippen LogP contribution in [0.3, 0.4) is 0 Å². The molecular formula is C13H14AlIN3O3. The smallest absolute Gasteiger partial charge is 0.339 e. The van der Waals surface area contributed by atoms with Crippen LogP contribution in [0, 0.1) is 0 Å². The monoisotopic (exact) mass is 414 g/mol. The Morgan fingerprint density at radius 1 is 1.52 bits per heavy atom. The number of hydrogen-bond donors (Lipinski definition) is 2. The number of aromatic nitrogens is 3. The number of carboxylic acids is 1. The summed E-state index contributed by atoms with van der Waals surface area (Å²) in [6.45, 7) is 4.28. The zero-order valence-corrected chi connectivity index (χ0v) is 14.9. The third-order valence-corrected chi connectivity index (χ3v) is 8.84. The number of benzene rings is 1. The van der Waals surface area contributed by atoms with E-state index in [4.69, 9.17) is 5.11 Å². The van der Waals surface area contributed by atoms with Crippen molar-refractivity contribution in [2.24, 2.45) is 0 Å². The quantitative estimate of drug-likeness (QED) is 0.580.